The van der Waals surface area contributed by atoms with Crippen molar-refractivity contribution in [2.24, 2.45) is 5.92 Å². The molecule has 0 aliphatic carbocycles. The largest absolute Gasteiger partial charge is 0.369 e. The van der Waals surface area contributed by atoms with E-state index >= 15 is 0 Å². The maximum atomic E-state index is 5.94. The lowest BCUT2D eigenvalue weighted by Crippen LogP contribution is -2.40. The Bertz CT molecular complexity index is 331. The number of hydrogen-bond acceptors (Lipinski definition) is 4. The number of hydrogen-bond donors (Lipinski definition) is 1. The number of thiazole rings is 1. The molecule has 0 aromatic carbocycles. The highest BCUT2D eigenvalue weighted by Gasteiger charge is 2.21. The predicted molar refractivity (Wildman–Crippen MR) is 66.8 cm³/mol. The molecular formula is C12H20N2OS. The van der Waals surface area contributed by atoms with Crippen molar-refractivity contribution in [1.29, 1.82) is 0 Å². The summed E-state index contributed by atoms with van der Waals surface area (Å²) in [5.74, 6) is 0.656. The summed E-state index contributed by atoms with van der Waals surface area (Å²) < 4.78 is 5.94. The van der Waals surface area contributed by atoms with Crippen molar-refractivity contribution in [3.05, 3.63) is 15.6 Å². The monoisotopic (exact) mass is 240 g/mol. The highest BCUT2D eigenvalue weighted by atomic mass is 32.1. The van der Waals surface area contributed by atoms with Crippen molar-refractivity contribution in [3.8, 4) is 0 Å². The van der Waals surface area contributed by atoms with Gasteiger partial charge in [-0.15, -0.1) is 11.3 Å². The molecular weight excluding hydrogens is 220 g/mol. The summed E-state index contributed by atoms with van der Waals surface area (Å²) in [7, 11) is 0. The van der Waals surface area contributed by atoms with Gasteiger partial charge in [0.1, 0.15) is 5.01 Å². The van der Waals surface area contributed by atoms with Gasteiger partial charge in [0.25, 0.3) is 0 Å². The summed E-state index contributed by atoms with van der Waals surface area (Å²) >= 11 is 1.75. The SMILES string of the molecule is Cc1nc(COC2CNCCC2C)sc1C. The van der Waals surface area contributed by atoms with Crippen LogP contribution in [0, 0.1) is 19.8 Å². The van der Waals surface area contributed by atoms with Gasteiger partial charge in [-0.25, -0.2) is 4.98 Å². The first-order valence-corrected chi connectivity index (χ1v) is 6.73. The van der Waals surface area contributed by atoms with E-state index in [0.29, 0.717) is 18.6 Å². The predicted octanol–water partition coefficient (Wildman–Crippen LogP) is 2.27. The van der Waals surface area contributed by atoms with Crippen molar-refractivity contribution < 1.29 is 4.74 Å². The van der Waals surface area contributed by atoms with Crippen LogP contribution in [0.1, 0.15) is 28.9 Å². The summed E-state index contributed by atoms with van der Waals surface area (Å²) in [5.41, 5.74) is 1.14. The molecule has 16 heavy (non-hydrogen) atoms. The standard InChI is InChI=1S/C12H20N2OS/c1-8-4-5-13-6-11(8)15-7-12-14-9(2)10(3)16-12/h8,11,13H,4-7H2,1-3H3. The molecule has 2 unspecified atom stereocenters. The normalized spacial score (nSPS) is 25.9. The maximum Gasteiger partial charge on any atom is 0.119 e. The lowest BCUT2D eigenvalue weighted by atomic mass is 9.97. The third kappa shape index (κ3) is 2.81. The van der Waals surface area contributed by atoms with Crippen LogP contribution >= 0.6 is 11.3 Å². The molecule has 1 aromatic heterocycles. The van der Waals surface area contributed by atoms with E-state index < -0.39 is 0 Å². The van der Waals surface area contributed by atoms with Crippen LogP contribution in [0.15, 0.2) is 0 Å². The molecule has 1 aliphatic heterocycles. The molecule has 3 nitrogen and oxygen atoms in total. The van der Waals surface area contributed by atoms with Gasteiger partial charge < -0.3 is 10.1 Å². The highest BCUT2D eigenvalue weighted by Crippen LogP contribution is 2.20. The molecule has 1 aliphatic rings. The number of piperidine rings is 1. The molecule has 0 saturated carbocycles. The van der Waals surface area contributed by atoms with Gasteiger partial charge >= 0.3 is 0 Å². The quantitative estimate of drug-likeness (QED) is 0.880. The lowest BCUT2D eigenvalue weighted by molar-refractivity contribution is -0.00666. The number of rotatable bonds is 3. The van der Waals surface area contributed by atoms with Crippen molar-refractivity contribution in [1.82, 2.24) is 10.3 Å². The summed E-state index contributed by atoms with van der Waals surface area (Å²) in [6, 6.07) is 0. The fraction of sp³-hybridized carbons (Fsp3) is 0.750. The van der Waals surface area contributed by atoms with Crippen LogP contribution in [0.4, 0.5) is 0 Å². The topological polar surface area (TPSA) is 34.1 Å². The Balaban J connectivity index is 1.86. The van der Waals surface area contributed by atoms with Crippen LogP contribution in [0.25, 0.3) is 0 Å². The molecule has 0 amide bonds. The van der Waals surface area contributed by atoms with Crippen LogP contribution in [0.3, 0.4) is 0 Å². The van der Waals surface area contributed by atoms with Crippen molar-refractivity contribution >= 4 is 11.3 Å². The van der Waals surface area contributed by atoms with E-state index in [2.05, 4.69) is 31.1 Å². The Kier molecular flexibility index (Phi) is 3.95. The third-order valence-corrected chi connectivity index (χ3v) is 4.30. The molecule has 1 aromatic rings. The van der Waals surface area contributed by atoms with Crippen molar-refractivity contribution in [2.75, 3.05) is 13.1 Å². The van der Waals surface area contributed by atoms with Gasteiger partial charge in [0.2, 0.25) is 0 Å². The Labute approximate surface area is 101 Å². The minimum atomic E-state index is 0.346. The van der Waals surface area contributed by atoms with E-state index in [1.54, 1.807) is 11.3 Å². The molecule has 4 heteroatoms. The number of ether oxygens (including phenoxy) is 1. The van der Waals surface area contributed by atoms with E-state index in [-0.39, 0.29) is 0 Å². The first-order valence-electron chi connectivity index (χ1n) is 5.92. The smallest absolute Gasteiger partial charge is 0.119 e. The second-order valence-corrected chi connectivity index (χ2v) is 5.86. The molecule has 0 spiro atoms. The van der Waals surface area contributed by atoms with Crippen molar-refractivity contribution in [3.63, 3.8) is 0 Å². The van der Waals surface area contributed by atoms with E-state index in [1.165, 1.54) is 11.3 Å². The lowest BCUT2D eigenvalue weighted by Gasteiger charge is -2.29. The van der Waals surface area contributed by atoms with Crippen LogP contribution in [-0.4, -0.2) is 24.2 Å². The van der Waals surface area contributed by atoms with E-state index in [0.717, 1.165) is 23.8 Å². The number of aromatic nitrogens is 1. The average Bonchev–Trinajstić information content (AvgIpc) is 2.57. The minimum Gasteiger partial charge on any atom is -0.369 e. The molecule has 1 saturated heterocycles. The van der Waals surface area contributed by atoms with Gasteiger partial charge in [-0.1, -0.05) is 6.92 Å². The van der Waals surface area contributed by atoms with Crippen LogP contribution < -0.4 is 5.32 Å². The average molecular weight is 240 g/mol. The molecule has 1 N–H and O–H groups in total. The van der Waals surface area contributed by atoms with Crippen LogP contribution in [0.5, 0.6) is 0 Å². The minimum absolute atomic E-state index is 0.346. The Morgan fingerprint density at radius 3 is 2.94 bits per heavy atom. The highest BCUT2D eigenvalue weighted by molar-refractivity contribution is 7.11. The van der Waals surface area contributed by atoms with Gasteiger partial charge in [0.15, 0.2) is 0 Å². The second-order valence-electron chi connectivity index (χ2n) is 4.57. The first-order chi connectivity index (χ1) is 7.66. The number of aryl methyl sites for hydroxylation is 2. The maximum absolute atomic E-state index is 5.94. The third-order valence-electron chi connectivity index (χ3n) is 3.25. The molecule has 2 rings (SSSR count). The summed E-state index contributed by atoms with van der Waals surface area (Å²) in [4.78, 5) is 5.79. The zero-order valence-electron chi connectivity index (χ0n) is 10.2. The van der Waals surface area contributed by atoms with E-state index in [4.69, 9.17) is 4.74 Å². The van der Waals surface area contributed by atoms with Crippen LogP contribution in [0.2, 0.25) is 0 Å². The molecule has 0 radical (unpaired) electrons. The summed E-state index contributed by atoms with van der Waals surface area (Å²) in [5, 5.41) is 4.48. The zero-order valence-corrected chi connectivity index (χ0v) is 11.1. The van der Waals surface area contributed by atoms with E-state index in [9.17, 15) is 0 Å². The number of nitrogens with one attached hydrogen (secondary N) is 1. The zero-order chi connectivity index (χ0) is 11.5. The fourth-order valence-corrected chi connectivity index (χ4v) is 2.82. The van der Waals surface area contributed by atoms with Gasteiger partial charge in [-0.3, -0.25) is 0 Å². The van der Waals surface area contributed by atoms with Gasteiger partial charge in [-0.2, -0.15) is 0 Å². The fourth-order valence-electron chi connectivity index (χ4n) is 1.96. The van der Waals surface area contributed by atoms with Gasteiger partial charge in [-0.05, 0) is 32.7 Å². The Morgan fingerprint density at radius 1 is 1.50 bits per heavy atom. The Hall–Kier alpha value is -0.450. The second kappa shape index (κ2) is 5.25. The molecule has 0 bridgehead atoms. The molecule has 2 heterocycles. The molecule has 2 atom stereocenters. The molecule has 1 fully saturated rings. The van der Waals surface area contributed by atoms with Crippen molar-refractivity contribution in [2.45, 2.75) is 39.9 Å². The Morgan fingerprint density at radius 2 is 2.31 bits per heavy atom. The van der Waals surface area contributed by atoms with Gasteiger partial charge in [0.05, 0.1) is 18.4 Å². The van der Waals surface area contributed by atoms with Gasteiger partial charge in [0, 0.05) is 11.4 Å². The number of nitrogens with zero attached hydrogens (tertiary/aromatic N) is 1. The van der Waals surface area contributed by atoms with Crippen LogP contribution in [-0.2, 0) is 11.3 Å². The molecule has 90 valence electrons. The summed E-state index contributed by atoms with van der Waals surface area (Å²) in [6.07, 6.45) is 1.55. The summed E-state index contributed by atoms with van der Waals surface area (Å²) in [6.45, 7) is 9.20. The first kappa shape index (κ1) is 12.0. The van der Waals surface area contributed by atoms with E-state index in [1.807, 2.05) is 0 Å².